The molecule has 2 N–H and O–H groups in total. The smallest absolute Gasteiger partial charge is 0.407 e. The van der Waals surface area contributed by atoms with Crippen LogP contribution in [0.4, 0.5) is 4.79 Å². The summed E-state index contributed by atoms with van der Waals surface area (Å²) in [6.45, 7) is 0.376. The Hall–Kier alpha value is -1.55. The van der Waals surface area contributed by atoms with E-state index in [9.17, 15) is 4.79 Å². The number of ether oxygens (including phenoxy) is 1. The maximum atomic E-state index is 11.8. The predicted molar refractivity (Wildman–Crippen MR) is 72.7 cm³/mol. The highest BCUT2D eigenvalue weighted by atomic mass is 16.5. The van der Waals surface area contributed by atoms with Crippen LogP contribution in [-0.2, 0) is 11.3 Å². The SMILES string of the molecule is O=C(NC1(CCO)CCCC1)OCc1ccccc1. The van der Waals surface area contributed by atoms with Crippen molar-refractivity contribution in [3.05, 3.63) is 35.9 Å². The Kier molecular flexibility index (Phi) is 4.80. The molecule has 0 unspecified atom stereocenters. The number of amides is 1. The van der Waals surface area contributed by atoms with Crippen LogP contribution in [0.15, 0.2) is 30.3 Å². The lowest BCUT2D eigenvalue weighted by Gasteiger charge is -2.29. The first-order valence-corrected chi connectivity index (χ1v) is 6.84. The van der Waals surface area contributed by atoms with Crippen molar-refractivity contribution in [2.45, 2.75) is 44.2 Å². The van der Waals surface area contributed by atoms with Gasteiger partial charge in [-0.3, -0.25) is 0 Å². The van der Waals surface area contributed by atoms with Gasteiger partial charge in [0.1, 0.15) is 6.61 Å². The molecule has 1 aromatic rings. The number of carbonyl (C=O) groups is 1. The summed E-state index contributed by atoms with van der Waals surface area (Å²) in [6.07, 6.45) is 4.26. The molecular formula is C15H21NO3. The van der Waals surface area contributed by atoms with E-state index in [0.29, 0.717) is 6.42 Å². The summed E-state index contributed by atoms with van der Waals surface area (Å²) >= 11 is 0. The van der Waals surface area contributed by atoms with Crippen LogP contribution in [0, 0.1) is 0 Å². The Morgan fingerprint density at radius 1 is 1.26 bits per heavy atom. The van der Waals surface area contributed by atoms with Crippen molar-refractivity contribution in [3.63, 3.8) is 0 Å². The topological polar surface area (TPSA) is 58.6 Å². The number of benzene rings is 1. The summed E-state index contributed by atoms with van der Waals surface area (Å²) in [4.78, 5) is 11.8. The van der Waals surface area contributed by atoms with Crippen molar-refractivity contribution in [1.29, 1.82) is 0 Å². The molecule has 1 fully saturated rings. The van der Waals surface area contributed by atoms with Gasteiger partial charge in [-0.05, 0) is 24.8 Å². The van der Waals surface area contributed by atoms with Gasteiger partial charge in [0.2, 0.25) is 0 Å². The summed E-state index contributed by atoms with van der Waals surface area (Å²) in [5.74, 6) is 0. The van der Waals surface area contributed by atoms with Crippen LogP contribution in [0.5, 0.6) is 0 Å². The molecule has 2 rings (SSSR count). The first kappa shape index (κ1) is 13.9. The Balaban J connectivity index is 1.83. The molecule has 0 radical (unpaired) electrons. The number of alkyl carbamates (subject to hydrolysis) is 1. The van der Waals surface area contributed by atoms with Crippen LogP contribution in [0.2, 0.25) is 0 Å². The molecule has 0 aromatic heterocycles. The maximum absolute atomic E-state index is 11.8. The summed E-state index contributed by atoms with van der Waals surface area (Å²) in [7, 11) is 0. The largest absolute Gasteiger partial charge is 0.445 e. The predicted octanol–water partition coefficient (Wildman–Crippen LogP) is 2.61. The average molecular weight is 263 g/mol. The van der Waals surface area contributed by atoms with Crippen LogP contribution in [0.3, 0.4) is 0 Å². The van der Waals surface area contributed by atoms with Gasteiger partial charge >= 0.3 is 6.09 Å². The second-order valence-electron chi connectivity index (χ2n) is 5.15. The van der Waals surface area contributed by atoms with E-state index in [4.69, 9.17) is 9.84 Å². The van der Waals surface area contributed by atoms with Gasteiger partial charge in [0, 0.05) is 12.1 Å². The van der Waals surface area contributed by atoms with E-state index in [-0.39, 0.29) is 24.8 Å². The second-order valence-corrected chi connectivity index (χ2v) is 5.15. The zero-order chi connectivity index (χ0) is 13.6. The number of rotatable bonds is 5. The quantitative estimate of drug-likeness (QED) is 0.858. The molecule has 1 aliphatic rings. The minimum atomic E-state index is -0.390. The highest BCUT2D eigenvalue weighted by Gasteiger charge is 2.35. The van der Waals surface area contributed by atoms with Crippen LogP contribution >= 0.6 is 0 Å². The molecule has 0 bridgehead atoms. The molecule has 104 valence electrons. The molecule has 0 atom stereocenters. The van der Waals surface area contributed by atoms with Gasteiger partial charge in [-0.1, -0.05) is 43.2 Å². The normalized spacial score (nSPS) is 17.1. The third-order valence-corrected chi connectivity index (χ3v) is 3.73. The molecule has 1 aliphatic carbocycles. The number of carbonyl (C=O) groups excluding carboxylic acids is 1. The van der Waals surface area contributed by atoms with Crippen LogP contribution in [0.1, 0.15) is 37.7 Å². The number of aliphatic hydroxyl groups excluding tert-OH is 1. The molecule has 4 nitrogen and oxygen atoms in total. The van der Waals surface area contributed by atoms with Gasteiger partial charge < -0.3 is 15.2 Å². The van der Waals surface area contributed by atoms with Gasteiger partial charge in [0.25, 0.3) is 0 Å². The van der Waals surface area contributed by atoms with E-state index < -0.39 is 0 Å². The van der Waals surface area contributed by atoms with Gasteiger partial charge in [-0.25, -0.2) is 4.79 Å². The fourth-order valence-corrected chi connectivity index (χ4v) is 2.68. The molecule has 1 saturated carbocycles. The van der Waals surface area contributed by atoms with E-state index >= 15 is 0 Å². The zero-order valence-electron chi connectivity index (χ0n) is 11.1. The van der Waals surface area contributed by atoms with E-state index in [2.05, 4.69) is 5.32 Å². The third-order valence-electron chi connectivity index (χ3n) is 3.73. The van der Waals surface area contributed by atoms with Crippen molar-refractivity contribution in [2.24, 2.45) is 0 Å². The molecular weight excluding hydrogens is 242 g/mol. The summed E-state index contributed by atoms with van der Waals surface area (Å²) in [6, 6.07) is 9.61. The Morgan fingerprint density at radius 3 is 2.58 bits per heavy atom. The molecule has 0 aliphatic heterocycles. The fourth-order valence-electron chi connectivity index (χ4n) is 2.68. The summed E-state index contributed by atoms with van der Waals surface area (Å²) in [5.41, 5.74) is 0.711. The lowest BCUT2D eigenvalue weighted by molar-refractivity contribution is 0.120. The Morgan fingerprint density at radius 2 is 1.95 bits per heavy atom. The molecule has 19 heavy (non-hydrogen) atoms. The molecule has 4 heteroatoms. The minimum absolute atomic E-state index is 0.0962. The van der Waals surface area contributed by atoms with Crippen molar-refractivity contribution < 1.29 is 14.6 Å². The second kappa shape index (κ2) is 6.57. The monoisotopic (exact) mass is 263 g/mol. The summed E-state index contributed by atoms with van der Waals surface area (Å²) < 4.78 is 5.23. The zero-order valence-corrected chi connectivity index (χ0v) is 11.1. The number of aliphatic hydroxyl groups is 1. The first-order chi connectivity index (χ1) is 9.24. The van der Waals surface area contributed by atoms with Gasteiger partial charge in [0.15, 0.2) is 0 Å². The third kappa shape index (κ3) is 3.96. The van der Waals surface area contributed by atoms with E-state index in [1.54, 1.807) is 0 Å². The minimum Gasteiger partial charge on any atom is -0.445 e. The number of hydrogen-bond donors (Lipinski definition) is 2. The summed E-state index contributed by atoms with van der Waals surface area (Å²) in [5, 5.41) is 12.1. The van der Waals surface area contributed by atoms with E-state index in [0.717, 1.165) is 31.2 Å². The first-order valence-electron chi connectivity index (χ1n) is 6.84. The Bertz CT molecular complexity index is 399. The number of nitrogens with one attached hydrogen (secondary N) is 1. The van der Waals surface area contributed by atoms with E-state index in [1.165, 1.54) is 0 Å². The van der Waals surface area contributed by atoms with Crippen LogP contribution < -0.4 is 5.32 Å². The fraction of sp³-hybridized carbons (Fsp3) is 0.533. The van der Waals surface area contributed by atoms with Crippen molar-refractivity contribution in [1.82, 2.24) is 5.32 Å². The lowest BCUT2D eigenvalue weighted by Crippen LogP contribution is -2.47. The molecule has 0 saturated heterocycles. The van der Waals surface area contributed by atoms with Gasteiger partial charge in [0.05, 0.1) is 0 Å². The molecule has 1 amide bonds. The van der Waals surface area contributed by atoms with E-state index in [1.807, 2.05) is 30.3 Å². The average Bonchev–Trinajstić information content (AvgIpc) is 2.86. The molecule has 0 heterocycles. The van der Waals surface area contributed by atoms with Gasteiger partial charge in [-0.15, -0.1) is 0 Å². The molecule has 0 spiro atoms. The highest BCUT2D eigenvalue weighted by molar-refractivity contribution is 5.68. The number of hydrogen-bond acceptors (Lipinski definition) is 3. The van der Waals surface area contributed by atoms with Crippen LogP contribution in [0.25, 0.3) is 0 Å². The van der Waals surface area contributed by atoms with Crippen molar-refractivity contribution in [2.75, 3.05) is 6.61 Å². The van der Waals surface area contributed by atoms with Crippen molar-refractivity contribution >= 4 is 6.09 Å². The Labute approximate surface area is 113 Å². The highest BCUT2D eigenvalue weighted by Crippen LogP contribution is 2.32. The molecule has 1 aromatic carbocycles. The van der Waals surface area contributed by atoms with Crippen molar-refractivity contribution in [3.8, 4) is 0 Å². The van der Waals surface area contributed by atoms with Gasteiger partial charge in [-0.2, -0.15) is 0 Å². The standard InChI is InChI=1S/C15H21NO3/c17-11-10-15(8-4-5-9-15)16-14(18)19-12-13-6-2-1-3-7-13/h1-3,6-7,17H,4-5,8-12H2,(H,16,18). The maximum Gasteiger partial charge on any atom is 0.407 e. The van der Waals surface area contributed by atoms with Crippen LogP contribution in [-0.4, -0.2) is 23.3 Å². The lowest BCUT2D eigenvalue weighted by atomic mass is 9.94.